The molecule has 6 rings (SSSR count). The van der Waals surface area contributed by atoms with Crippen LogP contribution in [0.1, 0.15) is 43.5 Å². The van der Waals surface area contributed by atoms with Gasteiger partial charge in [-0.2, -0.15) is 0 Å². The second kappa shape index (κ2) is 12.5. The minimum absolute atomic E-state index is 0.153. The Bertz CT molecular complexity index is 2030. The van der Waals surface area contributed by atoms with E-state index in [-0.39, 0.29) is 17.4 Å². The molecule has 10 heteroatoms. The molecule has 0 aliphatic carbocycles. The van der Waals surface area contributed by atoms with E-state index in [4.69, 9.17) is 22.0 Å². The molecular formula is C35H34ClN7O2. The number of nitrogens with one attached hydrogen (secondary N) is 3. The fourth-order valence-electron chi connectivity index (χ4n) is 6.05. The van der Waals surface area contributed by atoms with Crippen LogP contribution in [0.2, 0.25) is 5.02 Å². The van der Waals surface area contributed by atoms with Gasteiger partial charge in [-0.15, -0.1) is 0 Å². The van der Waals surface area contributed by atoms with E-state index in [1.165, 1.54) is 0 Å². The number of amides is 1. The standard InChI is InChI=1S/C35H34ClN7O2/c1-21-5-4-6-32(29-16-24(11-13-39-29)34(38-2)30(19-37)41-35(21)45)43-20-40-28(18-33(43)44)27-17-25(36)8-9-26(27)22-7-10-31-23(15-22)12-14-42(31)3/h7-21,32,37-38H,4-6H2,1-3H3,(H,41,45)/b34-30+,37-19?. The highest BCUT2D eigenvalue weighted by Crippen LogP contribution is 2.35. The van der Waals surface area contributed by atoms with E-state index in [9.17, 15) is 9.59 Å². The lowest BCUT2D eigenvalue weighted by Gasteiger charge is -2.23. The number of carbonyl (C=O) groups is 1. The molecule has 2 aromatic carbocycles. The number of fused-ring (bicyclic) bond motifs is 3. The molecule has 1 amide bonds. The fourth-order valence-corrected chi connectivity index (χ4v) is 6.22. The molecule has 2 unspecified atom stereocenters. The maximum Gasteiger partial charge on any atom is 0.254 e. The summed E-state index contributed by atoms with van der Waals surface area (Å²) in [4.78, 5) is 36.2. The number of rotatable bonds is 5. The van der Waals surface area contributed by atoms with Crippen molar-refractivity contribution in [2.24, 2.45) is 13.0 Å². The molecule has 228 valence electrons. The van der Waals surface area contributed by atoms with Crippen molar-refractivity contribution in [1.29, 1.82) is 5.41 Å². The van der Waals surface area contributed by atoms with E-state index in [0.29, 0.717) is 47.1 Å². The topological polar surface area (TPSA) is 118 Å². The van der Waals surface area contributed by atoms with Gasteiger partial charge in [0.1, 0.15) is 0 Å². The third kappa shape index (κ3) is 5.91. The first-order valence-corrected chi connectivity index (χ1v) is 15.3. The second-order valence-corrected chi connectivity index (χ2v) is 11.8. The summed E-state index contributed by atoms with van der Waals surface area (Å²) in [6.07, 6.45) is 8.31. The Kier molecular flexibility index (Phi) is 8.36. The van der Waals surface area contributed by atoms with Crippen LogP contribution in [0.4, 0.5) is 0 Å². The van der Waals surface area contributed by atoms with Gasteiger partial charge in [-0.1, -0.05) is 37.1 Å². The average Bonchev–Trinajstić information content (AvgIpc) is 3.42. The maximum atomic E-state index is 13.9. The number of hydrogen-bond donors (Lipinski definition) is 3. The Morgan fingerprint density at radius 3 is 2.62 bits per heavy atom. The summed E-state index contributed by atoms with van der Waals surface area (Å²) in [5, 5.41) is 15.6. The number of benzene rings is 2. The molecule has 3 N–H and O–H groups in total. The fraction of sp³-hybridized carbons (Fsp3) is 0.229. The zero-order valence-electron chi connectivity index (χ0n) is 25.3. The Morgan fingerprint density at radius 1 is 1.00 bits per heavy atom. The van der Waals surface area contributed by atoms with Crippen LogP contribution in [0.25, 0.3) is 39.0 Å². The Balaban J connectivity index is 1.43. The first kappa shape index (κ1) is 30.0. The van der Waals surface area contributed by atoms with Crippen molar-refractivity contribution in [3.05, 3.63) is 112 Å². The first-order valence-electron chi connectivity index (χ1n) is 14.9. The van der Waals surface area contributed by atoms with Gasteiger partial charge in [0, 0.05) is 71.7 Å². The molecule has 2 bridgehead atoms. The summed E-state index contributed by atoms with van der Waals surface area (Å²) in [5.41, 5.74) is 6.54. The second-order valence-electron chi connectivity index (χ2n) is 11.4. The van der Waals surface area contributed by atoms with Gasteiger partial charge < -0.3 is 20.6 Å². The first-order chi connectivity index (χ1) is 21.8. The van der Waals surface area contributed by atoms with Crippen molar-refractivity contribution in [3.63, 3.8) is 0 Å². The monoisotopic (exact) mass is 619 g/mol. The lowest BCUT2D eigenvalue weighted by Crippen LogP contribution is -2.32. The number of halogens is 1. The van der Waals surface area contributed by atoms with Crippen LogP contribution < -0.4 is 16.2 Å². The van der Waals surface area contributed by atoms with Crippen LogP contribution in [0.5, 0.6) is 0 Å². The van der Waals surface area contributed by atoms with Crippen molar-refractivity contribution in [2.75, 3.05) is 7.05 Å². The van der Waals surface area contributed by atoms with E-state index < -0.39 is 6.04 Å². The molecule has 4 heterocycles. The minimum Gasteiger partial charge on any atom is -0.386 e. The van der Waals surface area contributed by atoms with Gasteiger partial charge in [0.25, 0.3) is 5.56 Å². The summed E-state index contributed by atoms with van der Waals surface area (Å²) in [6, 6.07) is 18.9. The number of allylic oxidation sites excluding steroid dienone is 1. The van der Waals surface area contributed by atoms with Crippen molar-refractivity contribution < 1.29 is 4.79 Å². The van der Waals surface area contributed by atoms with Crippen LogP contribution >= 0.6 is 11.6 Å². The van der Waals surface area contributed by atoms with Crippen LogP contribution in [-0.4, -0.2) is 38.3 Å². The van der Waals surface area contributed by atoms with Gasteiger partial charge >= 0.3 is 0 Å². The van der Waals surface area contributed by atoms with Crippen molar-refractivity contribution >= 4 is 40.3 Å². The van der Waals surface area contributed by atoms with Gasteiger partial charge in [-0.25, -0.2) is 4.98 Å². The van der Waals surface area contributed by atoms with E-state index >= 15 is 0 Å². The van der Waals surface area contributed by atoms with E-state index in [1.807, 2.05) is 50.5 Å². The predicted molar refractivity (Wildman–Crippen MR) is 179 cm³/mol. The normalized spacial score (nSPS) is 19.0. The molecule has 3 aromatic heterocycles. The van der Waals surface area contributed by atoms with E-state index in [2.05, 4.69) is 44.5 Å². The summed E-state index contributed by atoms with van der Waals surface area (Å²) >= 11 is 6.46. The third-order valence-electron chi connectivity index (χ3n) is 8.52. The Hall–Kier alpha value is -5.02. The van der Waals surface area contributed by atoms with Crippen molar-refractivity contribution in [2.45, 2.75) is 32.2 Å². The molecule has 45 heavy (non-hydrogen) atoms. The number of carbonyl (C=O) groups excluding carboxylic acids is 1. The van der Waals surface area contributed by atoms with Crippen molar-refractivity contribution in [3.8, 4) is 22.4 Å². The summed E-state index contributed by atoms with van der Waals surface area (Å²) in [5.74, 6) is -0.433. The average molecular weight is 620 g/mol. The molecule has 0 saturated heterocycles. The van der Waals surface area contributed by atoms with Crippen LogP contribution in [0, 0.1) is 11.3 Å². The zero-order valence-corrected chi connectivity index (χ0v) is 26.1. The number of aromatic nitrogens is 4. The predicted octanol–water partition coefficient (Wildman–Crippen LogP) is 6.18. The summed E-state index contributed by atoms with van der Waals surface area (Å²) in [6.45, 7) is 1.87. The lowest BCUT2D eigenvalue weighted by atomic mass is 9.96. The minimum atomic E-state index is -0.408. The van der Waals surface area contributed by atoms with Gasteiger partial charge in [0.2, 0.25) is 5.91 Å². The highest BCUT2D eigenvalue weighted by molar-refractivity contribution is 6.31. The Morgan fingerprint density at radius 2 is 1.84 bits per heavy atom. The molecule has 0 fully saturated rings. The highest BCUT2D eigenvalue weighted by atomic mass is 35.5. The smallest absolute Gasteiger partial charge is 0.254 e. The molecular weight excluding hydrogens is 586 g/mol. The third-order valence-corrected chi connectivity index (χ3v) is 8.76. The molecule has 0 radical (unpaired) electrons. The van der Waals surface area contributed by atoms with Crippen molar-refractivity contribution in [1.82, 2.24) is 29.7 Å². The number of hydrogen-bond acceptors (Lipinski definition) is 6. The lowest BCUT2D eigenvalue weighted by molar-refractivity contribution is -0.123. The quantitative estimate of drug-likeness (QED) is 0.203. The molecule has 2 atom stereocenters. The van der Waals surface area contributed by atoms with Crippen LogP contribution in [-0.2, 0) is 11.8 Å². The molecule has 5 aromatic rings. The molecule has 1 aliphatic heterocycles. The van der Waals surface area contributed by atoms with E-state index in [0.717, 1.165) is 39.4 Å². The molecule has 9 nitrogen and oxygen atoms in total. The summed E-state index contributed by atoms with van der Waals surface area (Å²) in [7, 11) is 3.76. The van der Waals surface area contributed by atoms with Crippen LogP contribution in [0.15, 0.2) is 89.9 Å². The van der Waals surface area contributed by atoms with Gasteiger partial charge in [-0.3, -0.25) is 19.1 Å². The number of pyridine rings is 1. The highest BCUT2D eigenvalue weighted by Gasteiger charge is 2.23. The molecule has 0 spiro atoms. The SMILES string of the molecule is CN/C1=C(\C=N)NC(=O)C(C)CCCC(n2cnc(-c3cc(Cl)ccc3-c3ccc4c(ccn4C)c3)cc2=O)c2cc1ccn2. The molecule has 0 saturated carbocycles. The van der Waals surface area contributed by atoms with Crippen LogP contribution in [0.3, 0.4) is 0 Å². The van der Waals surface area contributed by atoms with Gasteiger partial charge in [0.05, 0.1) is 35.2 Å². The number of nitrogens with zero attached hydrogens (tertiary/aromatic N) is 4. The van der Waals surface area contributed by atoms with E-state index in [1.54, 1.807) is 30.2 Å². The number of aryl methyl sites for hydroxylation is 1. The summed E-state index contributed by atoms with van der Waals surface area (Å²) < 4.78 is 3.70. The largest absolute Gasteiger partial charge is 0.386 e. The molecule has 1 aliphatic rings. The van der Waals surface area contributed by atoms with Gasteiger partial charge in [-0.05, 0) is 66.4 Å². The Labute approximate surface area is 266 Å². The van der Waals surface area contributed by atoms with Gasteiger partial charge in [0.15, 0.2) is 0 Å². The zero-order chi connectivity index (χ0) is 31.7. The maximum absolute atomic E-state index is 13.9.